The van der Waals surface area contributed by atoms with Crippen molar-refractivity contribution >= 4 is 11.6 Å². The van der Waals surface area contributed by atoms with E-state index in [0.29, 0.717) is 27.8 Å². The second kappa shape index (κ2) is 8.53. The van der Waals surface area contributed by atoms with Crippen molar-refractivity contribution in [2.75, 3.05) is 20.8 Å². The molecule has 126 valence electrons. The number of pyridine rings is 1. The Balaban J connectivity index is 2.38. The largest absolute Gasteiger partial charge is 0.495 e. The van der Waals surface area contributed by atoms with Gasteiger partial charge in [-0.1, -0.05) is 18.5 Å². The summed E-state index contributed by atoms with van der Waals surface area (Å²) in [5.41, 5.74) is 2.06. The van der Waals surface area contributed by atoms with Crippen LogP contribution in [0.2, 0.25) is 5.02 Å². The molecule has 0 radical (unpaired) electrons. The monoisotopic (exact) mass is 346 g/mol. The van der Waals surface area contributed by atoms with Crippen molar-refractivity contribution in [3.63, 3.8) is 0 Å². The standard InChI is InChI=1S/C18H19ClN2O3/c1-4-13-6-8-16(23-3)18(21-13)17(11-22-2)24-15-7-5-12(10-20)9-14(15)19/h5-9,17H,4,11H2,1-3H3. The van der Waals surface area contributed by atoms with Gasteiger partial charge in [-0.15, -0.1) is 0 Å². The SMILES string of the molecule is CCc1ccc(OC)c(C(COC)Oc2ccc(C#N)cc2Cl)n1. The number of halogens is 1. The zero-order chi connectivity index (χ0) is 17.5. The average Bonchev–Trinajstić information content (AvgIpc) is 2.62. The van der Waals surface area contributed by atoms with Gasteiger partial charge in [0.25, 0.3) is 0 Å². The van der Waals surface area contributed by atoms with Gasteiger partial charge in [-0.05, 0) is 36.8 Å². The summed E-state index contributed by atoms with van der Waals surface area (Å²) in [5, 5.41) is 9.29. The lowest BCUT2D eigenvalue weighted by molar-refractivity contribution is 0.0766. The molecule has 0 aliphatic carbocycles. The Labute approximate surface area is 146 Å². The summed E-state index contributed by atoms with van der Waals surface area (Å²) in [6, 6.07) is 10.7. The van der Waals surface area contributed by atoms with Crippen molar-refractivity contribution in [1.82, 2.24) is 4.98 Å². The molecule has 0 N–H and O–H groups in total. The fourth-order valence-corrected chi connectivity index (χ4v) is 2.47. The van der Waals surface area contributed by atoms with Crippen LogP contribution in [0.3, 0.4) is 0 Å². The first-order valence-electron chi connectivity index (χ1n) is 7.52. The van der Waals surface area contributed by atoms with Gasteiger partial charge in [-0.2, -0.15) is 5.26 Å². The lowest BCUT2D eigenvalue weighted by Gasteiger charge is -2.21. The Morgan fingerprint density at radius 2 is 1.96 bits per heavy atom. The molecule has 1 unspecified atom stereocenters. The zero-order valence-electron chi connectivity index (χ0n) is 13.9. The van der Waals surface area contributed by atoms with E-state index in [9.17, 15) is 0 Å². The number of benzene rings is 1. The number of hydrogen-bond donors (Lipinski definition) is 0. The van der Waals surface area contributed by atoms with Crippen molar-refractivity contribution in [3.05, 3.63) is 52.3 Å². The normalized spacial score (nSPS) is 11.6. The molecule has 2 aromatic rings. The number of aromatic nitrogens is 1. The topological polar surface area (TPSA) is 64.4 Å². The Morgan fingerprint density at radius 3 is 2.54 bits per heavy atom. The van der Waals surface area contributed by atoms with E-state index >= 15 is 0 Å². The Hall–Kier alpha value is -2.29. The molecule has 5 nitrogen and oxygen atoms in total. The van der Waals surface area contributed by atoms with E-state index in [1.165, 1.54) is 0 Å². The molecule has 0 saturated carbocycles. The molecule has 2 rings (SSSR count). The third-order valence-corrected chi connectivity index (χ3v) is 3.77. The summed E-state index contributed by atoms with van der Waals surface area (Å²) in [7, 11) is 3.18. The van der Waals surface area contributed by atoms with E-state index in [-0.39, 0.29) is 6.61 Å². The molecule has 0 bridgehead atoms. The minimum Gasteiger partial charge on any atom is -0.495 e. The predicted octanol–water partition coefficient (Wildman–Crippen LogP) is 3.94. The van der Waals surface area contributed by atoms with Crippen LogP contribution in [0.5, 0.6) is 11.5 Å². The number of hydrogen-bond acceptors (Lipinski definition) is 5. The van der Waals surface area contributed by atoms with Crippen molar-refractivity contribution < 1.29 is 14.2 Å². The van der Waals surface area contributed by atoms with E-state index < -0.39 is 6.10 Å². The highest BCUT2D eigenvalue weighted by Crippen LogP contribution is 2.32. The number of nitrogens with zero attached hydrogens (tertiary/aromatic N) is 2. The molecule has 1 atom stereocenters. The summed E-state index contributed by atoms with van der Waals surface area (Å²) < 4.78 is 16.7. The highest BCUT2D eigenvalue weighted by atomic mass is 35.5. The van der Waals surface area contributed by atoms with Gasteiger partial charge < -0.3 is 14.2 Å². The number of rotatable bonds is 7. The van der Waals surface area contributed by atoms with E-state index in [4.69, 9.17) is 31.1 Å². The lowest BCUT2D eigenvalue weighted by atomic mass is 10.1. The summed E-state index contributed by atoms with van der Waals surface area (Å²) in [5.74, 6) is 1.09. The predicted molar refractivity (Wildman–Crippen MR) is 91.6 cm³/mol. The Bertz CT molecular complexity index is 744. The minimum atomic E-state index is -0.484. The Morgan fingerprint density at radius 1 is 1.21 bits per heavy atom. The zero-order valence-corrected chi connectivity index (χ0v) is 14.6. The van der Waals surface area contributed by atoms with E-state index in [0.717, 1.165) is 12.1 Å². The highest BCUT2D eigenvalue weighted by Gasteiger charge is 2.21. The molecule has 1 aromatic heterocycles. The van der Waals surface area contributed by atoms with Gasteiger partial charge in [-0.3, -0.25) is 0 Å². The molecule has 24 heavy (non-hydrogen) atoms. The molecule has 1 heterocycles. The molecular weight excluding hydrogens is 328 g/mol. The van der Waals surface area contributed by atoms with Crippen molar-refractivity contribution in [1.29, 1.82) is 5.26 Å². The summed E-state index contributed by atoms with van der Waals surface area (Å²) >= 11 is 6.20. The minimum absolute atomic E-state index is 0.285. The van der Waals surface area contributed by atoms with Gasteiger partial charge in [-0.25, -0.2) is 4.98 Å². The van der Waals surface area contributed by atoms with Gasteiger partial charge in [0.1, 0.15) is 17.2 Å². The van der Waals surface area contributed by atoms with Crippen LogP contribution in [-0.2, 0) is 11.2 Å². The fourth-order valence-electron chi connectivity index (χ4n) is 2.24. The smallest absolute Gasteiger partial charge is 0.167 e. The number of nitriles is 1. The lowest BCUT2D eigenvalue weighted by Crippen LogP contribution is -2.17. The van der Waals surface area contributed by atoms with Crippen molar-refractivity contribution in [2.24, 2.45) is 0 Å². The maximum atomic E-state index is 8.93. The first-order valence-corrected chi connectivity index (χ1v) is 7.89. The summed E-state index contributed by atoms with van der Waals surface area (Å²) in [6.07, 6.45) is 0.316. The third kappa shape index (κ3) is 4.16. The van der Waals surface area contributed by atoms with Crippen LogP contribution in [0.4, 0.5) is 0 Å². The quantitative estimate of drug-likeness (QED) is 0.759. The molecular formula is C18H19ClN2O3. The second-order valence-electron chi connectivity index (χ2n) is 5.06. The van der Waals surface area contributed by atoms with Crippen LogP contribution in [0, 0.1) is 11.3 Å². The molecule has 0 aliphatic heterocycles. The fraction of sp³-hybridized carbons (Fsp3) is 0.333. The average molecular weight is 347 g/mol. The van der Waals surface area contributed by atoms with Crippen LogP contribution in [-0.4, -0.2) is 25.8 Å². The van der Waals surface area contributed by atoms with Gasteiger partial charge in [0.2, 0.25) is 0 Å². The molecule has 0 amide bonds. The molecule has 6 heteroatoms. The Kier molecular flexibility index (Phi) is 6.42. The van der Waals surface area contributed by atoms with Gasteiger partial charge >= 0.3 is 0 Å². The van der Waals surface area contributed by atoms with Gasteiger partial charge in [0.15, 0.2) is 6.10 Å². The summed E-state index contributed by atoms with van der Waals surface area (Å²) in [6.45, 7) is 2.31. The first kappa shape index (κ1) is 18.1. The van der Waals surface area contributed by atoms with Crippen LogP contribution in [0.15, 0.2) is 30.3 Å². The number of aryl methyl sites for hydroxylation is 1. The molecule has 0 spiro atoms. The van der Waals surface area contributed by atoms with Crippen LogP contribution >= 0.6 is 11.6 Å². The second-order valence-corrected chi connectivity index (χ2v) is 5.47. The maximum absolute atomic E-state index is 8.93. The highest BCUT2D eigenvalue weighted by molar-refractivity contribution is 6.32. The third-order valence-electron chi connectivity index (χ3n) is 3.48. The maximum Gasteiger partial charge on any atom is 0.167 e. The van der Waals surface area contributed by atoms with Crippen molar-refractivity contribution in [2.45, 2.75) is 19.4 Å². The van der Waals surface area contributed by atoms with Crippen molar-refractivity contribution in [3.8, 4) is 17.6 Å². The first-order chi connectivity index (χ1) is 11.6. The van der Waals surface area contributed by atoms with Crippen LogP contribution < -0.4 is 9.47 Å². The van der Waals surface area contributed by atoms with Gasteiger partial charge in [0, 0.05) is 12.8 Å². The van der Waals surface area contributed by atoms with Crippen LogP contribution in [0.1, 0.15) is 30.0 Å². The van der Waals surface area contributed by atoms with E-state index in [1.54, 1.807) is 32.4 Å². The number of ether oxygens (including phenoxy) is 3. The summed E-state index contributed by atoms with van der Waals surface area (Å²) in [4.78, 5) is 4.62. The molecule has 1 aromatic carbocycles. The van der Waals surface area contributed by atoms with E-state index in [1.807, 2.05) is 25.1 Å². The molecule has 0 saturated heterocycles. The number of methoxy groups -OCH3 is 2. The van der Waals surface area contributed by atoms with E-state index in [2.05, 4.69) is 4.98 Å². The molecule has 0 aliphatic rings. The van der Waals surface area contributed by atoms with Gasteiger partial charge in [0.05, 0.1) is 30.4 Å². The molecule has 0 fully saturated rings. The van der Waals surface area contributed by atoms with Crippen LogP contribution in [0.25, 0.3) is 0 Å².